The third-order valence-electron chi connectivity index (χ3n) is 3.44. The fourth-order valence-corrected chi connectivity index (χ4v) is 2.45. The Morgan fingerprint density at radius 2 is 2.06 bits per heavy atom. The zero-order valence-corrected chi connectivity index (χ0v) is 10.4. The molecule has 1 amide bonds. The van der Waals surface area contributed by atoms with Crippen molar-refractivity contribution in [3.8, 4) is 0 Å². The Hall–Kier alpha value is -0.990. The van der Waals surface area contributed by atoms with E-state index in [2.05, 4.69) is 20.8 Å². The molecular formula is C13H21NO2. The summed E-state index contributed by atoms with van der Waals surface area (Å²) in [6, 6.07) is -0.140. The molecule has 0 radical (unpaired) electrons. The molecule has 1 aliphatic carbocycles. The maximum absolute atomic E-state index is 11.8. The third kappa shape index (κ3) is 2.23. The van der Waals surface area contributed by atoms with Crippen molar-refractivity contribution in [2.24, 2.45) is 11.3 Å². The molecule has 1 heterocycles. The van der Waals surface area contributed by atoms with Crippen LogP contribution in [0.25, 0.3) is 0 Å². The van der Waals surface area contributed by atoms with Gasteiger partial charge in [-0.1, -0.05) is 33.6 Å². The van der Waals surface area contributed by atoms with Crippen molar-refractivity contribution in [1.29, 1.82) is 0 Å². The highest BCUT2D eigenvalue weighted by molar-refractivity contribution is 5.91. The minimum Gasteiger partial charge on any atom is -0.510 e. The summed E-state index contributed by atoms with van der Waals surface area (Å²) in [6.07, 6.45) is 5.07. The molecule has 1 fully saturated rings. The normalized spacial score (nSPS) is 26.2. The number of nitrogens with zero attached hydrogens (tertiary/aromatic N) is 1. The van der Waals surface area contributed by atoms with E-state index >= 15 is 0 Å². The average Bonchev–Trinajstić information content (AvgIpc) is 2.88. The number of carbonyl (C=O) groups is 1. The van der Waals surface area contributed by atoms with Crippen LogP contribution in [0.1, 0.15) is 40.0 Å². The Bertz CT molecular complexity index is 323. The lowest BCUT2D eigenvalue weighted by molar-refractivity contribution is -0.128. The van der Waals surface area contributed by atoms with E-state index < -0.39 is 0 Å². The van der Waals surface area contributed by atoms with Crippen LogP contribution >= 0.6 is 0 Å². The van der Waals surface area contributed by atoms with Crippen LogP contribution in [0.5, 0.6) is 0 Å². The first kappa shape index (κ1) is 11.5. The predicted molar refractivity (Wildman–Crippen MR) is 63.0 cm³/mol. The maximum atomic E-state index is 11.8. The lowest BCUT2D eigenvalue weighted by atomic mass is 9.85. The van der Waals surface area contributed by atoms with Crippen molar-refractivity contribution >= 4 is 5.91 Å². The van der Waals surface area contributed by atoms with E-state index in [0.717, 1.165) is 18.9 Å². The van der Waals surface area contributed by atoms with E-state index in [9.17, 15) is 9.90 Å². The Kier molecular flexibility index (Phi) is 2.72. The molecule has 1 unspecified atom stereocenters. The summed E-state index contributed by atoms with van der Waals surface area (Å²) in [7, 11) is 0. The van der Waals surface area contributed by atoms with Crippen LogP contribution in [-0.4, -0.2) is 28.5 Å². The maximum Gasteiger partial charge on any atom is 0.250 e. The smallest absolute Gasteiger partial charge is 0.250 e. The first-order valence-corrected chi connectivity index (χ1v) is 6.11. The molecular weight excluding hydrogens is 202 g/mol. The monoisotopic (exact) mass is 223 g/mol. The molecule has 90 valence electrons. The molecule has 16 heavy (non-hydrogen) atoms. The zero-order valence-electron chi connectivity index (χ0n) is 10.4. The van der Waals surface area contributed by atoms with Gasteiger partial charge in [0.05, 0.1) is 6.04 Å². The molecule has 1 aliphatic heterocycles. The fourth-order valence-electron chi connectivity index (χ4n) is 2.45. The van der Waals surface area contributed by atoms with Gasteiger partial charge in [0.1, 0.15) is 5.76 Å². The molecule has 1 saturated carbocycles. The van der Waals surface area contributed by atoms with Crippen LogP contribution in [0, 0.1) is 11.3 Å². The summed E-state index contributed by atoms with van der Waals surface area (Å²) in [6.45, 7) is 6.96. The summed E-state index contributed by atoms with van der Waals surface area (Å²) in [5.74, 6) is 1.02. The summed E-state index contributed by atoms with van der Waals surface area (Å²) in [5.41, 5.74) is -0.101. The molecule has 1 atom stereocenters. The topological polar surface area (TPSA) is 40.5 Å². The number of carbonyl (C=O) groups excluding carboxylic acids is 1. The Morgan fingerprint density at radius 1 is 1.44 bits per heavy atom. The Morgan fingerprint density at radius 3 is 2.56 bits per heavy atom. The largest absolute Gasteiger partial charge is 0.510 e. The average molecular weight is 223 g/mol. The van der Waals surface area contributed by atoms with Crippen molar-refractivity contribution in [3.05, 3.63) is 11.8 Å². The van der Waals surface area contributed by atoms with Crippen molar-refractivity contribution in [2.45, 2.75) is 46.1 Å². The van der Waals surface area contributed by atoms with E-state index in [1.165, 1.54) is 18.9 Å². The molecule has 0 aromatic carbocycles. The number of rotatable bonds is 3. The van der Waals surface area contributed by atoms with Crippen molar-refractivity contribution in [3.63, 3.8) is 0 Å². The van der Waals surface area contributed by atoms with Gasteiger partial charge < -0.3 is 10.0 Å². The number of hydrogen-bond donors (Lipinski definition) is 1. The van der Waals surface area contributed by atoms with Gasteiger partial charge >= 0.3 is 0 Å². The van der Waals surface area contributed by atoms with Gasteiger partial charge in [0, 0.05) is 12.6 Å². The molecule has 3 heteroatoms. The quantitative estimate of drug-likeness (QED) is 0.798. The molecule has 2 rings (SSSR count). The first-order valence-electron chi connectivity index (χ1n) is 6.11. The van der Waals surface area contributed by atoms with Gasteiger partial charge in [0.25, 0.3) is 5.91 Å². The number of aliphatic hydroxyl groups is 1. The first-order chi connectivity index (χ1) is 7.39. The highest BCUT2D eigenvalue weighted by Gasteiger charge is 2.41. The molecule has 0 aromatic heterocycles. The molecule has 3 nitrogen and oxygen atoms in total. The minimum absolute atomic E-state index is 0.0296. The molecule has 1 N–H and O–H groups in total. The molecule has 0 aromatic rings. The molecule has 2 aliphatic rings. The van der Waals surface area contributed by atoms with Crippen LogP contribution in [-0.2, 0) is 4.79 Å². The van der Waals surface area contributed by atoms with E-state index in [0.29, 0.717) is 0 Å². The van der Waals surface area contributed by atoms with E-state index in [4.69, 9.17) is 0 Å². The van der Waals surface area contributed by atoms with Crippen molar-refractivity contribution in [1.82, 2.24) is 4.90 Å². The van der Waals surface area contributed by atoms with E-state index in [-0.39, 0.29) is 23.1 Å². The van der Waals surface area contributed by atoms with Crippen LogP contribution in [0.3, 0.4) is 0 Å². The summed E-state index contributed by atoms with van der Waals surface area (Å²) in [4.78, 5) is 13.6. The van der Waals surface area contributed by atoms with Gasteiger partial charge in [0.2, 0.25) is 0 Å². The second-order valence-corrected chi connectivity index (χ2v) is 6.10. The van der Waals surface area contributed by atoms with Gasteiger partial charge in [-0.25, -0.2) is 0 Å². The van der Waals surface area contributed by atoms with Gasteiger partial charge in [-0.15, -0.1) is 0 Å². The fraction of sp³-hybridized carbons (Fsp3) is 0.769. The summed E-state index contributed by atoms with van der Waals surface area (Å²) >= 11 is 0. The number of amides is 1. The van der Waals surface area contributed by atoms with E-state index in [1.54, 1.807) is 0 Å². The van der Waals surface area contributed by atoms with Crippen LogP contribution in [0.15, 0.2) is 11.8 Å². The number of aliphatic hydroxyl groups excluding tert-OH is 1. The second-order valence-electron chi connectivity index (χ2n) is 6.10. The standard InChI is InChI=1S/C13H21NO2/c1-13(2,3)12-10(15)8-11(16)14(12)7-6-9-4-5-9/h8-9,12,15H,4-7H2,1-3H3. The molecule has 0 saturated heterocycles. The van der Waals surface area contributed by atoms with Crippen molar-refractivity contribution in [2.75, 3.05) is 6.54 Å². The van der Waals surface area contributed by atoms with Crippen LogP contribution in [0.2, 0.25) is 0 Å². The van der Waals surface area contributed by atoms with Gasteiger partial charge in [-0.3, -0.25) is 4.79 Å². The van der Waals surface area contributed by atoms with E-state index in [1.807, 2.05) is 4.90 Å². The van der Waals surface area contributed by atoms with Crippen LogP contribution < -0.4 is 0 Å². The predicted octanol–water partition coefficient (Wildman–Crippen LogP) is 2.49. The number of hydrogen-bond acceptors (Lipinski definition) is 2. The van der Waals surface area contributed by atoms with Crippen molar-refractivity contribution < 1.29 is 9.90 Å². The lowest BCUT2D eigenvalue weighted by Gasteiger charge is -2.35. The third-order valence-corrected chi connectivity index (χ3v) is 3.44. The molecule has 0 spiro atoms. The van der Waals surface area contributed by atoms with Gasteiger partial charge in [-0.05, 0) is 17.8 Å². The zero-order chi connectivity index (χ0) is 11.9. The summed E-state index contributed by atoms with van der Waals surface area (Å²) < 4.78 is 0. The molecule has 0 bridgehead atoms. The highest BCUT2D eigenvalue weighted by Crippen LogP contribution is 2.36. The van der Waals surface area contributed by atoms with Crippen LogP contribution in [0.4, 0.5) is 0 Å². The lowest BCUT2D eigenvalue weighted by Crippen LogP contribution is -2.44. The SMILES string of the molecule is CC(C)(C)C1C(O)=CC(=O)N1CCC1CC1. The minimum atomic E-state index is -0.140. The highest BCUT2D eigenvalue weighted by atomic mass is 16.3. The van der Waals surface area contributed by atoms with Gasteiger partial charge in [0.15, 0.2) is 0 Å². The summed E-state index contributed by atoms with van der Waals surface area (Å²) in [5, 5.41) is 9.84. The Balaban J connectivity index is 2.05. The second kappa shape index (κ2) is 3.79. The van der Waals surface area contributed by atoms with Gasteiger partial charge in [-0.2, -0.15) is 0 Å². The Labute approximate surface area is 97.1 Å².